The molecule has 0 spiro atoms. The monoisotopic (exact) mass is 284 g/mol. The maximum absolute atomic E-state index is 13.4. The minimum absolute atomic E-state index is 0.0158. The van der Waals surface area contributed by atoms with Gasteiger partial charge in [-0.15, -0.1) is 0 Å². The van der Waals surface area contributed by atoms with Crippen LogP contribution in [0.15, 0.2) is 18.2 Å². The molecule has 0 saturated carbocycles. The molecule has 1 N–H and O–H groups in total. The molecule has 0 amide bonds. The average molecular weight is 284 g/mol. The number of rotatable bonds is 6. The van der Waals surface area contributed by atoms with Crippen LogP contribution in [0.3, 0.4) is 0 Å². The average Bonchev–Trinajstić information content (AvgIpc) is 2.46. The van der Waals surface area contributed by atoms with Gasteiger partial charge in [-0.05, 0) is 37.5 Å². The van der Waals surface area contributed by atoms with E-state index < -0.39 is 11.8 Å². The summed E-state index contributed by atoms with van der Waals surface area (Å²) in [4.78, 5) is 10.8. The maximum Gasteiger partial charge on any atom is 0.335 e. The van der Waals surface area contributed by atoms with Crippen molar-refractivity contribution in [3.8, 4) is 5.75 Å². The molecule has 1 unspecified atom stereocenters. The van der Waals surface area contributed by atoms with Crippen molar-refractivity contribution in [3.63, 3.8) is 0 Å². The maximum atomic E-state index is 13.4. The lowest BCUT2D eigenvalue weighted by molar-refractivity contribution is -0.165. The van der Waals surface area contributed by atoms with Crippen LogP contribution in [0.5, 0.6) is 5.75 Å². The molecule has 1 aliphatic rings. The Labute approximate surface area is 116 Å². The van der Waals surface area contributed by atoms with Crippen molar-refractivity contribution in [1.29, 1.82) is 0 Å². The number of carbonyl (C=O) groups is 1. The number of benzene rings is 1. The smallest absolute Gasteiger partial charge is 0.335 e. The fourth-order valence-electron chi connectivity index (χ4n) is 1.92. The minimum atomic E-state index is -1.12. The Balaban J connectivity index is 1.78. The highest BCUT2D eigenvalue weighted by atomic mass is 19.1. The zero-order chi connectivity index (χ0) is 14.4. The number of aromatic carboxylic acids is 1. The number of ether oxygens (including phenoxy) is 3. The fourth-order valence-corrected chi connectivity index (χ4v) is 1.92. The van der Waals surface area contributed by atoms with Crippen molar-refractivity contribution < 1.29 is 28.5 Å². The molecule has 110 valence electrons. The molecule has 1 fully saturated rings. The van der Waals surface area contributed by atoms with Crippen molar-refractivity contribution in [1.82, 2.24) is 0 Å². The van der Waals surface area contributed by atoms with E-state index in [1.165, 1.54) is 6.07 Å². The second-order valence-corrected chi connectivity index (χ2v) is 4.47. The van der Waals surface area contributed by atoms with Gasteiger partial charge in [0.2, 0.25) is 0 Å². The lowest BCUT2D eigenvalue weighted by Gasteiger charge is -2.22. The molecule has 1 heterocycles. The summed E-state index contributed by atoms with van der Waals surface area (Å²) in [5, 5.41) is 8.82. The Kier molecular flexibility index (Phi) is 5.31. The van der Waals surface area contributed by atoms with Gasteiger partial charge in [0, 0.05) is 6.61 Å². The summed E-state index contributed by atoms with van der Waals surface area (Å²) in [6.45, 7) is 1.10. The summed E-state index contributed by atoms with van der Waals surface area (Å²) in [7, 11) is 0. The van der Waals surface area contributed by atoms with Crippen molar-refractivity contribution in [3.05, 3.63) is 29.6 Å². The van der Waals surface area contributed by atoms with E-state index >= 15 is 0 Å². The van der Waals surface area contributed by atoms with Crippen molar-refractivity contribution >= 4 is 5.97 Å². The summed E-state index contributed by atoms with van der Waals surface area (Å²) in [6, 6.07) is 3.43. The third kappa shape index (κ3) is 4.18. The van der Waals surface area contributed by atoms with E-state index in [0.717, 1.165) is 31.4 Å². The largest absolute Gasteiger partial charge is 0.488 e. The minimum Gasteiger partial charge on any atom is -0.488 e. The standard InChI is InChI=1S/C14H17FO5/c15-11-5-4-10(14(16)17)9-12(11)18-7-8-20-13-3-1-2-6-19-13/h4-5,9,13H,1-3,6-8H2,(H,16,17). The van der Waals surface area contributed by atoms with E-state index in [2.05, 4.69) is 0 Å². The normalized spacial score (nSPS) is 18.8. The highest BCUT2D eigenvalue weighted by Crippen LogP contribution is 2.19. The molecule has 0 aromatic heterocycles. The summed E-state index contributed by atoms with van der Waals surface area (Å²) >= 11 is 0. The number of carboxylic acid groups (broad SMARTS) is 1. The molecular weight excluding hydrogens is 267 g/mol. The van der Waals surface area contributed by atoms with E-state index in [0.29, 0.717) is 6.61 Å². The van der Waals surface area contributed by atoms with Crippen LogP contribution in [-0.4, -0.2) is 37.2 Å². The van der Waals surface area contributed by atoms with Gasteiger partial charge in [-0.2, -0.15) is 0 Å². The van der Waals surface area contributed by atoms with Gasteiger partial charge in [0.1, 0.15) is 6.61 Å². The molecule has 1 atom stereocenters. The molecule has 2 rings (SSSR count). The molecule has 6 heteroatoms. The summed E-state index contributed by atoms with van der Waals surface area (Å²) in [5.41, 5.74) is -0.0158. The van der Waals surface area contributed by atoms with Crippen LogP contribution in [0.2, 0.25) is 0 Å². The van der Waals surface area contributed by atoms with Gasteiger partial charge in [0.15, 0.2) is 17.9 Å². The Morgan fingerprint density at radius 3 is 2.95 bits per heavy atom. The topological polar surface area (TPSA) is 65.0 Å². The third-order valence-corrected chi connectivity index (χ3v) is 2.96. The number of hydrogen-bond donors (Lipinski definition) is 1. The molecule has 0 bridgehead atoms. The second-order valence-electron chi connectivity index (χ2n) is 4.47. The van der Waals surface area contributed by atoms with Gasteiger partial charge in [-0.25, -0.2) is 9.18 Å². The molecule has 5 nitrogen and oxygen atoms in total. The predicted molar refractivity (Wildman–Crippen MR) is 68.4 cm³/mol. The van der Waals surface area contributed by atoms with Gasteiger partial charge in [-0.3, -0.25) is 0 Å². The molecule has 1 aliphatic heterocycles. The molecule has 20 heavy (non-hydrogen) atoms. The van der Waals surface area contributed by atoms with E-state index in [1.807, 2.05) is 0 Å². The van der Waals surface area contributed by atoms with Gasteiger partial charge in [-0.1, -0.05) is 0 Å². The highest BCUT2D eigenvalue weighted by Gasteiger charge is 2.14. The third-order valence-electron chi connectivity index (χ3n) is 2.96. The van der Waals surface area contributed by atoms with Crippen LogP contribution in [0.4, 0.5) is 4.39 Å². The van der Waals surface area contributed by atoms with Crippen molar-refractivity contribution in [2.75, 3.05) is 19.8 Å². The predicted octanol–water partition coefficient (Wildman–Crippen LogP) is 2.45. The molecule has 0 radical (unpaired) electrons. The number of halogens is 1. The number of carboxylic acids is 1. The van der Waals surface area contributed by atoms with E-state index in [4.69, 9.17) is 19.3 Å². The van der Waals surface area contributed by atoms with Gasteiger partial charge < -0.3 is 19.3 Å². The first kappa shape index (κ1) is 14.7. The van der Waals surface area contributed by atoms with Gasteiger partial charge >= 0.3 is 5.97 Å². The van der Waals surface area contributed by atoms with Gasteiger partial charge in [0.25, 0.3) is 0 Å². The SMILES string of the molecule is O=C(O)c1ccc(F)c(OCCOC2CCCCO2)c1. The summed E-state index contributed by atoms with van der Waals surface area (Å²) < 4.78 is 29.4. The first-order valence-electron chi connectivity index (χ1n) is 6.55. The van der Waals surface area contributed by atoms with Crippen LogP contribution in [0.1, 0.15) is 29.6 Å². The lowest BCUT2D eigenvalue weighted by Crippen LogP contribution is -2.24. The Morgan fingerprint density at radius 2 is 2.25 bits per heavy atom. The second kappa shape index (κ2) is 7.21. The van der Waals surface area contributed by atoms with Crippen LogP contribution < -0.4 is 4.74 Å². The van der Waals surface area contributed by atoms with Gasteiger partial charge in [0.05, 0.1) is 12.2 Å². The summed E-state index contributed by atoms with van der Waals surface area (Å²) in [6.07, 6.45) is 2.75. The Bertz CT molecular complexity index is 457. The van der Waals surface area contributed by atoms with Crippen LogP contribution in [-0.2, 0) is 9.47 Å². The fraction of sp³-hybridized carbons (Fsp3) is 0.500. The zero-order valence-electron chi connectivity index (χ0n) is 11.0. The lowest BCUT2D eigenvalue weighted by atomic mass is 10.2. The van der Waals surface area contributed by atoms with Crippen molar-refractivity contribution in [2.24, 2.45) is 0 Å². The van der Waals surface area contributed by atoms with Crippen molar-refractivity contribution in [2.45, 2.75) is 25.6 Å². The van der Waals surface area contributed by atoms with Crippen LogP contribution in [0, 0.1) is 5.82 Å². The first-order valence-corrected chi connectivity index (χ1v) is 6.55. The van der Waals surface area contributed by atoms with E-state index in [1.54, 1.807) is 0 Å². The number of hydrogen-bond acceptors (Lipinski definition) is 4. The molecule has 1 saturated heterocycles. The van der Waals surface area contributed by atoms with E-state index in [-0.39, 0.29) is 30.8 Å². The highest BCUT2D eigenvalue weighted by molar-refractivity contribution is 5.88. The zero-order valence-corrected chi connectivity index (χ0v) is 11.0. The molecular formula is C14H17FO5. The van der Waals surface area contributed by atoms with Crippen LogP contribution in [0.25, 0.3) is 0 Å². The first-order chi connectivity index (χ1) is 9.66. The Morgan fingerprint density at radius 1 is 1.40 bits per heavy atom. The molecule has 1 aromatic rings. The van der Waals surface area contributed by atoms with E-state index in [9.17, 15) is 9.18 Å². The quantitative estimate of drug-likeness (QED) is 0.813. The molecule has 1 aromatic carbocycles. The Hall–Kier alpha value is -1.66. The van der Waals surface area contributed by atoms with Crippen LogP contribution >= 0.6 is 0 Å². The summed E-state index contributed by atoms with van der Waals surface area (Å²) in [5.74, 6) is -1.80. The molecule has 0 aliphatic carbocycles.